The van der Waals surface area contributed by atoms with E-state index in [1.54, 1.807) is 11.3 Å². The van der Waals surface area contributed by atoms with E-state index in [1.807, 2.05) is 16.5 Å². The Balaban J connectivity index is 1.10. The summed E-state index contributed by atoms with van der Waals surface area (Å²) in [5, 5.41) is 3.77. The number of hydrogen-bond acceptors (Lipinski definition) is 5. The number of hydrogen-bond donors (Lipinski definition) is 1. The van der Waals surface area contributed by atoms with Gasteiger partial charge in [-0.05, 0) is 43.4 Å². The van der Waals surface area contributed by atoms with Crippen LogP contribution < -0.4 is 10.2 Å². The number of nitrogens with one attached hydrogen (secondary N) is 1. The summed E-state index contributed by atoms with van der Waals surface area (Å²) in [6, 6.07) is 19.6. The Kier molecular flexibility index (Phi) is 7.03. The molecule has 2 aromatic carbocycles. The molecule has 0 bridgehead atoms. The molecule has 1 amide bonds. The molecule has 0 atom stereocenters. The standard InChI is InChI=1S/C27H32N4OS/c32-26(31-14-4-5-15-31)18-21-8-10-24(11-9-21)30-16-12-23(13-17-30)28-19-25-27(29-20-33-25)22-6-2-1-3-7-22/h1-3,6-11,20,23,28H,4-5,12-19H2. The molecule has 5 rings (SSSR count). The van der Waals surface area contributed by atoms with Gasteiger partial charge in [0.15, 0.2) is 0 Å². The van der Waals surface area contributed by atoms with Gasteiger partial charge in [-0.2, -0.15) is 0 Å². The molecule has 1 aromatic heterocycles. The molecule has 0 spiro atoms. The number of carbonyl (C=O) groups excluding carboxylic acids is 1. The van der Waals surface area contributed by atoms with Crippen molar-refractivity contribution >= 4 is 22.9 Å². The van der Waals surface area contributed by atoms with Gasteiger partial charge >= 0.3 is 0 Å². The Labute approximate surface area is 200 Å². The molecule has 6 heteroatoms. The third-order valence-electron chi connectivity index (χ3n) is 6.85. The van der Waals surface area contributed by atoms with Crippen molar-refractivity contribution in [3.63, 3.8) is 0 Å². The molecule has 2 aliphatic rings. The van der Waals surface area contributed by atoms with Crippen LogP contribution in [0.4, 0.5) is 5.69 Å². The molecule has 0 radical (unpaired) electrons. The highest BCUT2D eigenvalue weighted by molar-refractivity contribution is 7.10. The highest BCUT2D eigenvalue weighted by atomic mass is 32.1. The number of amides is 1. The first-order valence-corrected chi connectivity index (χ1v) is 13.0. The van der Waals surface area contributed by atoms with Crippen LogP contribution in [0, 0.1) is 0 Å². The zero-order valence-corrected chi connectivity index (χ0v) is 19.9. The predicted octanol–water partition coefficient (Wildman–Crippen LogP) is 4.73. The molecule has 172 valence electrons. The highest BCUT2D eigenvalue weighted by Crippen LogP contribution is 2.26. The maximum absolute atomic E-state index is 12.4. The lowest BCUT2D eigenvalue weighted by Gasteiger charge is -2.34. The quantitative estimate of drug-likeness (QED) is 0.554. The summed E-state index contributed by atoms with van der Waals surface area (Å²) < 4.78 is 0. The number of rotatable bonds is 7. The van der Waals surface area contributed by atoms with E-state index in [0.717, 1.165) is 69.7 Å². The summed E-state index contributed by atoms with van der Waals surface area (Å²) in [4.78, 5) is 22.8. The van der Waals surface area contributed by atoms with Gasteiger partial charge < -0.3 is 15.1 Å². The van der Waals surface area contributed by atoms with E-state index >= 15 is 0 Å². The number of piperidine rings is 1. The van der Waals surface area contributed by atoms with E-state index in [-0.39, 0.29) is 5.91 Å². The zero-order valence-electron chi connectivity index (χ0n) is 19.1. The second-order valence-electron chi connectivity index (χ2n) is 9.06. The van der Waals surface area contributed by atoms with Crippen LogP contribution in [0.3, 0.4) is 0 Å². The second kappa shape index (κ2) is 10.5. The second-order valence-corrected chi connectivity index (χ2v) is 10.0. The number of nitrogens with zero attached hydrogens (tertiary/aromatic N) is 3. The average Bonchev–Trinajstić information content (AvgIpc) is 3.57. The Morgan fingerprint density at radius 1 is 0.970 bits per heavy atom. The Hall–Kier alpha value is -2.70. The van der Waals surface area contributed by atoms with Crippen LogP contribution in [0.15, 0.2) is 60.1 Å². The largest absolute Gasteiger partial charge is 0.371 e. The van der Waals surface area contributed by atoms with Crippen LogP contribution in [-0.2, 0) is 17.8 Å². The predicted molar refractivity (Wildman–Crippen MR) is 136 cm³/mol. The molecule has 3 aromatic rings. The van der Waals surface area contributed by atoms with Crippen molar-refractivity contribution in [1.82, 2.24) is 15.2 Å². The van der Waals surface area contributed by atoms with E-state index < -0.39 is 0 Å². The molecule has 2 aliphatic heterocycles. The summed E-state index contributed by atoms with van der Waals surface area (Å²) in [5.74, 6) is 0.267. The maximum Gasteiger partial charge on any atom is 0.226 e. The number of thiazole rings is 1. The Morgan fingerprint density at radius 3 is 2.42 bits per heavy atom. The van der Waals surface area contributed by atoms with E-state index in [9.17, 15) is 4.79 Å². The monoisotopic (exact) mass is 460 g/mol. The van der Waals surface area contributed by atoms with Crippen molar-refractivity contribution in [2.24, 2.45) is 0 Å². The third kappa shape index (κ3) is 5.45. The lowest BCUT2D eigenvalue weighted by Crippen LogP contribution is -2.42. The van der Waals surface area contributed by atoms with Gasteiger partial charge in [0.1, 0.15) is 0 Å². The van der Waals surface area contributed by atoms with E-state index in [4.69, 9.17) is 0 Å². The van der Waals surface area contributed by atoms with Crippen LogP contribution in [-0.4, -0.2) is 48.0 Å². The molecular weight excluding hydrogens is 428 g/mol. The number of likely N-dealkylation sites (tertiary alicyclic amines) is 1. The van der Waals surface area contributed by atoms with Gasteiger partial charge in [0.2, 0.25) is 5.91 Å². The van der Waals surface area contributed by atoms with Gasteiger partial charge in [0.25, 0.3) is 0 Å². The number of aromatic nitrogens is 1. The molecule has 0 aliphatic carbocycles. The Bertz CT molecular complexity index is 1040. The SMILES string of the molecule is O=C(Cc1ccc(N2CCC(NCc3scnc3-c3ccccc3)CC2)cc1)N1CCCC1. The lowest BCUT2D eigenvalue weighted by molar-refractivity contribution is -0.129. The molecule has 3 heterocycles. The number of benzene rings is 2. The Morgan fingerprint density at radius 2 is 1.70 bits per heavy atom. The van der Waals surface area contributed by atoms with Crippen LogP contribution in [0.2, 0.25) is 0 Å². The topological polar surface area (TPSA) is 48.5 Å². The fourth-order valence-corrected chi connectivity index (χ4v) is 5.62. The van der Waals surface area contributed by atoms with Crippen molar-refractivity contribution in [1.29, 1.82) is 0 Å². The van der Waals surface area contributed by atoms with Gasteiger partial charge in [-0.15, -0.1) is 11.3 Å². The summed E-state index contributed by atoms with van der Waals surface area (Å²) in [5.41, 5.74) is 6.63. The van der Waals surface area contributed by atoms with Crippen LogP contribution >= 0.6 is 11.3 Å². The van der Waals surface area contributed by atoms with E-state index in [1.165, 1.54) is 16.1 Å². The van der Waals surface area contributed by atoms with E-state index in [2.05, 4.69) is 63.7 Å². The number of carbonyl (C=O) groups is 1. The molecule has 2 fully saturated rings. The molecule has 2 saturated heterocycles. The minimum atomic E-state index is 0.267. The minimum Gasteiger partial charge on any atom is -0.371 e. The van der Waals surface area contributed by atoms with Gasteiger partial charge in [-0.1, -0.05) is 42.5 Å². The normalized spacial score (nSPS) is 17.0. The van der Waals surface area contributed by atoms with E-state index in [0.29, 0.717) is 12.5 Å². The first-order chi connectivity index (χ1) is 16.3. The van der Waals surface area contributed by atoms with Gasteiger partial charge in [0.05, 0.1) is 17.6 Å². The first-order valence-electron chi connectivity index (χ1n) is 12.1. The van der Waals surface area contributed by atoms with Crippen molar-refractivity contribution in [3.8, 4) is 11.3 Å². The minimum absolute atomic E-state index is 0.267. The fraction of sp³-hybridized carbons (Fsp3) is 0.407. The van der Waals surface area contributed by atoms with Crippen molar-refractivity contribution in [2.45, 2.75) is 44.7 Å². The molecule has 0 unspecified atom stereocenters. The zero-order chi connectivity index (χ0) is 22.5. The average molecular weight is 461 g/mol. The van der Waals surface area contributed by atoms with Crippen molar-refractivity contribution < 1.29 is 4.79 Å². The van der Waals surface area contributed by atoms with Crippen LogP contribution in [0.1, 0.15) is 36.1 Å². The van der Waals surface area contributed by atoms with Gasteiger partial charge in [-0.25, -0.2) is 4.98 Å². The summed E-state index contributed by atoms with van der Waals surface area (Å²) in [6.45, 7) is 4.84. The molecular formula is C27H32N4OS. The smallest absolute Gasteiger partial charge is 0.226 e. The highest BCUT2D eigenvalue weighted by Gasteiger charge is 2.21. The van der Waals surface area contributed by atoms with Gasteiger partial charge in [0, 0.05) is 54.9 Å². The maximum atomic E-state index is 12.4. The summed E-state index contributed by atoms with van der Waals surface area (Å²) >= 11 is 1.73. The van der Waals surface area contributed by atoms with Crippen LogP contribution in [0.25, 0.3) is 11.3 Å². The summed E-state index contributed by atoms with van der Waals surface area (Å²) in [7, 11) is 0. The third-order valence-corrected chi connectivity index (χ3v) is 7.68. The molecule has 0 saturated carbocycles. The molecule has 33 heavy (non-hydrogen) atoms. The number of anilines is 1. The van der Waals surface area contributed by atoms with Crippen molar-refractivity contribution in [3.05, 3.63) is 70.5 Å². The lowest BCUT2D eigenvalue weighted by atomic mass is 10.0. The fourth-order valence-electron chi connectivity index (χ4n) is 4.88. The molecule has 5 nitrogen and oxygen atoms in total. The molecule has 1 N–H and O–H groups in total. The summed E-state index contributed by atoms with van der Waals surface area (Å²) in [6.07, 6.45) is 5.08. The van der Waals surface area contributed by atoms with Gasteiger partial charge in [-0.3, -0.25) is 4.79 Å². The van der Waals surface area contributed by atoms with Crippen molar-refractivity contribution in [2.75, 3.05) is 31.1 Å². The first kappa shape index (κ1) is 22.1. The van der Waals surface area contributed by atoms with Crippen LogP contribution in [0.5, 0.6) is 0 Å².